The van der Waals surface area contributed by atoms with E-state index in [0.29, 0.717) is 0 Å². The van der Waals surface area contributed by atoms with E-state index in [0.717, 1.165) is 63.2 Å². The topological polar surface area (TPSA) is 19.6 Å². The number of hydrogen-bond acceptors (Lipinski definition) is 4. The van der Waals surface area contributed by atoms with E-state index in [1.165, 1.54) is 26.2 Å². The molecule has 0 saturated carbocycles. The molecule has 8 rings (SSSR count). The first-order valence-corrected chi connectivity index (χ1v) is 16.7. The van der Waals surface area contributed by atoms with E-state index >= 15 is 0 Å². The summed E-state index contributed by atoms with van der Waals surface area (Å²) in [5.74, 6) is 2.59. The molecule has 3 nitrogen and oxygen atoms in total. The summed E-state index contributed by atoms with van der Waals surface area (Å²) in [5.41, 5.74) is 9.94. The van der Waals surface area contributed by atoms with Gasteiger partial charge < -0.3 is 14.2 Å². The highest BCUT2D eigenvalue weighted by atomic mass is 32.1. The van der Waals surface area contributed by atoms with E-state index in [-0.39, 0.29) is 0 Å². The number of rotatable bonds is 7. The Kier molecular flexibility index (Phi) is 7.45. The molecule has 0 fully saturated rings. The Morgan fingerprint density at radius 1 is 0.723 bits per heavy atom. The predicted molar refractivity (Wildman–Crippen MR) is 201 cm³/mol. The smallest absolute Gasteiger partial charge is 0.137 e. The van der Waals surface area contributed by atoms with Gasteiger partial charge in [0.05, 0.1) is 0 Å². The first kappa shape index (κ1) is 28.7. The van der Waals surface area contributed by atoms with Crippen LogP contribution in [0.3, 0.4) is 0 Å². The minimum atomic E-state index is 0.886. The first-order chi connectivity index (χ1) is 23.2. The maximum Gasteiger partial charge on any atom is 0.137 e. The number of fused-ring (bicyclic) bond motifs is 6. The van der Waals surface area contributed by atoms with Gasteiger partial charge in [-0.15, -0.1) is 17.8 Å². The number of thiophene rings is 1. The normalized spacial score (nSPS) is 13.2. The molecule has 2 aromatic heterocycles. The Balaban J connectivity index is 1.22. The SMILES string of the molecule is C#C/C=C\C=C(/C)N(C1=Cc2c(sc3cc(N(c4ccccc4)c4ccc5c(c4)oc4ccccc45)ccc23)CC1)c1ccccc1. The number of para-hydroxylation sites is 3. The van der Waals surface area contributed by atoms with Gasteiger partial charge in [-0.3, -0.25) is 0 Å². The molecule has 0 atom stereocenters. The fourth-order valence-corrected chi connectivity index (χ4v) is 7.88. The fraction of sp³-hybridized carbons (Fsp3) is 0.0698. The largest absolute Gasteiger partial charge is 0.456 e. The molecule has 0 radical (unpaired) electrons. The highest BCUT2D eigenvalue weighted by Gasteiger charge is 2.23. The lowest BCUT2D eigenvalue weighted by atomic mass is 9.98. The lowest BCUT2D eigenvalue weighted by Crippen LogP contribution is -2.22. The number of hydrogen-bond donors (Lipinski definition) is 0. The van der Waals surface area contributed by atoms with Gasteiger partial charge in [-0.2, -0.15) is 0 Å². The van der Waals surface area contributed by atoms with Crippen molar-refractivity contribution in [1.29, 1.82) is 0 Å². The monoisotopic (exact) mass is 624 g/mol. The Bertz CT molecular complexity index is 2390. The van der Waals surface area contributed by atoms with Crippen molar-refractivity contribution in [2.24, 2.45) is 0 Å². The number of furan rings is 1. The van der Waals surface area contributed by atoms with Crippen molar-refractivity contribution in [2.45, 2.75) is 19.8 Å². The molecule has 0 saturated heterocycles. The van der Waals surface area contributed by atoms with Gasteiger partial charge in [0, 0.05) is 65.9 Å². The molecular weight excluding hydrogens is 593 g/mol. The van der Waals surface area contributed by atoms with E-state index < -0.39 is 0 Å². The molecule has 0 unspecified atom stereocenters. The molecule has 1 aliphatic rings. The summed E-state index contributed by atoms with van der Waals surface area (Å²) in [4.78, 5) is 6.10. The third-order valence-corrected chi connectivity index (χ3v) is 10.0. The number of nitrogens with zero attached hydrogens (tertiary/aromatic N) is 2. The van der Waals surface area contributed by atoms with E-state index in [9.17, 15) is 0 Å². The summed E-state index contributed by atoms with van der Waals surface area (Å²) >= 11 is 1.91. The summed E-state index contributed by atoms with van der Waals surface area (Å²) in [5, 5.41) is 3.55. The lowest BCUT2D eigenvalue weighted by molar-refractivity contribution is 0.669. The molecule has 2 heterocycles. The van der Waals surface area contributed by atoms with Gasteiger partial charge in [-0.1, -0.05) is 72.7 Å². The molecule has 0 spiro atoms. The van der Waals surface area contributed by atoms with Crippen LogP contribution in [-0.2, 0) is 6.42 Å². The minimum Gasteiger partial charge on any atom is -0.456 e. The molecule has 0 amide bonds. The van der Waals surface area contributed by atoms with Crippen LogP contribution in [0.1, 0.15) is 23.8 Å². The fourth-order valence-electron chi connectivity index (χ4n) is 6.66. The number of terminal acetylenes is 1. The second-order valence-electron chi connectivity index (χ2n) is 11.7. The standard InChI is InChI=1S/C43H32N2OS/c1-3-4-7-14-30(2)44(31-15-8-5-9-16-31)33-23-26-42-39(27-33)38-25-22-35(29-43(38)47-42)45(32-17-10-6-11-18-32)34-21-24-37-36-19-12-13-20-40(36)46-41(37)28-34/h1,4-22,24-25,27-29H,23,26H2,2H3/b7-4-,30-14+. The third-order valence-electron chi connectivity index (χ3n) is 8.79. The van der Waals surface area contributed by atoms with Crippen molar-refractivity contribution in [3.8, 4) is 12.3 Å². The summed E-state index contributed by atoms with van der Waals surface area (Å²) in [7, 11) is 0. The molecule has 7 aromatic rings. The zero-order chi connectivity index (χ0) is 31.7. The molecule has 0 aliphatic heterocycles. The molecule has 5 aromatic carbocycles. The highest BCUT2D eigenvalue weighted by molar-refractivity contribution is 7.19. The van der Waals surface area contributed by atoms with Crippen LogP contribution in [0, 0.1) is 12.3 Å². The highest BCUT2D eigenvalue weighted by Crippen LogP contribution is 2.44. The van der Waals surface area contributed by atoms with Gasteiger partial charge >= 0.3 is 0 Å². The predicted octanol–water partition coefficient (Wildman–Crippen LogP) is 12.2. The lowest BCUT2D eigenvalue weighted by Gasteiger charge is -2.30. The van der Waals surface area contributed by atoms with Gasteiger partial charge in [0.25, 0.3) is 0 Å². The van der Waals surface area contributed by atoms with E-state index in [2.05, 4.69) is 144 Å². The summed E-state index contributed by atoms with van der Waals surface area (Å²) in [6.45, 7) is 2.14. The van der Waals surface area contributed by atoms with Gasteiger partial charge in [-0.05, 0) is 98.2 Å². The zero-order valence-electron chi connectivity index (χ0n) is 26.1. The number of aryl methyl sites for hydroxylation is 1. The van der Waals surface area contributed by atoms with Crippen LogP contribution in [0.15, 0.2) is 155 Å². The van der Waals surface area contributed by atoms with Gasteiger partial charge in [-0.25, -0.2) is 0 Å². The van der Waals surface area contributed by atoms with Gasteiger partial charge in [0.2, 0.25) is 0 Å². The zero-order valence-corrected chi connectivity index (χ0v) is 26.9. The number of benzene rings is 5. The van der Waals surface area contributed by atoms with Crippen molar-refractivity contribution in [2.75, 3.05) is 9.80 Å². The molecule has 4 heteroatoms. The molecule has 47 heavy (non-hydrogen) atoms. The first-order valence-electron chi connectivity index (χ1n) is 15.9. The van der Waals surface area contributed by atoms with E-state index in [1.807, 2.05) is 29.5 Å². The van der Waals surface area contributed by atoms with Crippen molar-refractivity contribution in [1.82, 2.24) is 0 Å². The molecule has 226 valence electrons. The minimum absolute atomic E-state index is 0.886. The number of allylic oxidation sites excluding steroid dienone is 5. The van der Waals surface area contributed by atoms with Crippen LogP contribution >= 0.6 is 11.3 Å². The van der Waals surface area contributed by atoms with Crippen LogP contribution in [0.5, 0.6) is 0 Å². The average molecular weight is 625 g/mol. The summed E-state index contributed by atoms with van der Waals surface area (Å²) < 4.78 is 7.58. The van der Waals surface area contributed by atoms with E-state index in [4.69, 9.17) is 10.8 Å². The van der Waals surface area contributed by atoms with E-state index in [1.54, 1.807) is 6.08 Å². The maximum absolute atomic E-state index is 6.29. The van der Waals surface area contributed by atoms with Crippen LogP contribution in [0.2, 0.25) is 0 Å². The average Bonchev–Trinajstić information content (AvgIpc) is 3.67. The van der Waals surface area contributed by atoms with Crippen molar-refractivity contribution in [3.05, 3.63) is 161 Å². The number of anilines is 4. The molecular formula is C43H32N2OS. The summed E-state index contributed by atoms with van der Waals surface area (Å²) in [6.07, 6.45) is 15.6. The van der Waals surface area contributed by atoms with Crippen molar-refractivity contribution < 1.29 is 4.42 Å². The van der Waals surface area contributed by atoms with Gasteiger partial charge in [0.1, 0.15) is 11.2 Å². The Morgan fingerprint density at radius 2 is 1.40 bits per heavy atom. The molecule has 0 bridgehead atoms. The van der Waals surface area contributed by atoms with Crippen LogP contribution in [0.4, 0.5) is 22.7 Å². The third kappa shape index (κ3) is 5.31. The quantitative estimate of drug-likeness (QED) is 0.130. The maximum atomic E-state index is 6.29. The van der Waals surface area contributed by atoms with Gasteiger partial charge in [0.15, 0.2) is 0 Å². The Morgan fingerprint density at radius 3 is 2.19 bits per heavy atom. The molecule has 0 N–H and O–H groups in total. The molecule has 1 aliphatic carbocycles. The Labute approximate surface area is 279 Å². The summed E-state index contributed by atoms with van der Waals surface area (Å²) in [6, 6.07) is 42.8. The van der Waals surface area contributed by atoms with Crippen molar-refractivity contribution in [3.63, 3.8) is 0 Å². The second kappa shape index (κ2) is 12.2. The second-order valence-corrected chi connectivity index (χ2v) is 12.8. The van der Waals surface area contributed by atoms with Crippen LogP contribution in [0.25, 0.3) is 38.1 Å². The van der Waals surface area contributed by atoms with Crippen molar-refractivity contribution >= 4 is 72.2 Å². The Hall–Kier alpha value is -5.76. The van der Waals surface area contributed by atoms with Crippen LogP contribution < -0.4 is 9.80 Å². The van der Waals surface area contributed by atoms with Crippen LogP contribution in [-0.4, -0.2) is 0 Å².